The van der Waals surface area contributed by atoms with Crippen LogP contribution in [0.5, 0.6) is 0 Å². The summed E-state index contributed by atoms with van der Waals surface area (Å²) in [5.41, 5.74) is 1.46. The molecular formula is C14H13ClN2O3S. The largest absolute Gasteiger partial charge is 0.481 e. The highest BCUT2D eigenvalue weighted by Crippen LogP contribution is 2.29. The first kappa shape index (κ1) is 15.5. The molecule has 0 unspecified atom stereocenters. The Balaban J connectivity index is 2.15. The number of amides is 1. The van der Waals surface area contributed by atoms with Crippen molar-refractivity contribution in [3.8, 4) is 10.6 Å². The van der Waals surface area contributed by atoms with Gasteiger partial charge in [0.2, 0.25) is 0 Å². The Hall–Kier alpha value is -1.92. The maximum absolute atomic E-state index is 12.0. The zero-order valence-electron chi connectivity index (χ0n) is 11.2. The highest BCUT2D eigenvalue weighted by atomic mass is 35.5. The van der Waals surface area contributed by atoms with Crippen LogP contribution >= 0.6 is 22.9 Å². The van der Waals surface area contributed by atoms with Crippen molar-refractivity contribution >= 4 is 34.8 Å². The monoisotopic (exact) mass is 324 g/mol. The molecule has 21 heavy (non-hydrogen) atoms. The number of carbonyl (C=O) groups is 2. The van der Waals surface area contributed by atoms with Crippen molar-refractivity contribution in [3.63, 3.8) is 0 Å². The molecule has 0 aliphatic rings. The molecule has 7 heteroatoms. The highest BCUT2D eigenvalue weighted by molar-refractivity contribution is 7.17. The normalized spacial score (nSPS) is 10.4. The molecule has 0 spiro atoms. The molecule has 1 amide bonds. The standard InChI is InChI=1S/C14H13ClN2O3S/c1-8-12(13(20)16-6-5-11(18)19)21-14(17-8)9-3-2-4-10(15)7-9/h2-4,7H,5-6H2,1H3,(H,16,20)(H,18,19). The summed E-state index contributed by atoms with van der Waals surface area (Å²) >= 11 is 7.20. The number of carboxylic acids is 1. The molecule has 1 aromatic heterocycles. The van der Waals surface area contributed by atoms with Crippen molar-refractivity contribution in [1.82, 2.24) is 10.3 Å². The average Bonchev–Trinajstić information content (AvgIpc) is 2.80. The fourth-order valence-corrected chi connectivity index (χ4v) is 2.88. The number of hydrogen-bond acceptors (Lipinski definition) is 4. The first-order valence-corrected chi connectivity index (χ1v) is 7.40. The molecule has 2 rings (SSSR count). The van der Waals surface area contributed by atoms with Crippen molar-refractivity contribution < 1.29 is 14.7 Å². The Morgan fingerprint density at radius 2 is 2.19 bits per heavy atom. The Bertz CT molecular complexity index is 685. The number of hydrogen-bond donors (Lipinski definition) is 2. The summed E-state index contributed by atoms with van der Waals surface area (Å²) in [6.45, 7) is 1.84. The molecule has 0 atom stereocenters. The molecule has 0 saturated carbocycles. The van der Waals surface area contributed by atoms with E-state index in [9.17, 15) is 9.59 Å². The summed E-state index contributed by atoms with van der Waals surface area (Å²) in [5, 5.41) is 12.4. The van der Waals surface area contributed by atoms with Gasteiger partial charge in [0.15, 0.2) is 0 Å². The Morgan fingerprint density at radius 1 is 1.43 bits per heavy atom. The van der Waals surface area contributed by atoms with Gasteiger partial charge in [0.05, 0.1) is 12.1 Å². The number of rotatable bonds is 5. The molecule has 0 fully saturated rings. The molecule has 5 nitrogen and oxygen atoms in total. The molecule has 1 aromatic carbocycles. The number of thiazole rings is 1. The lowest BCUT2D eigenvalue weighted by Gasteiger charge is -2.01. The van der Waals surface area contributed by atoms with E-state index in [1.807, 2.05) is 12.1 Å². The lowest BCUT2D eigenvalue weighted by Crippen LogP contribution is -2.25. The quantitative estimate of drug-likeness (QED) is 0.886. The van der Waals surface area contributed by atoms with Crippen molar-refractivity contribution in [1.29, 1.82) is 0 Å². The van der Waals surface area contributed by atoms with Crippen LogP contribution in [-0.4, -0.2) is 28.5 Å². The zero-order chi connectivity index (χ0) is 15.4. The van der Waals surface area contributed by atoms with Crippen LogP contribution in [0.25, 0.3) is 10.6 Å². The first-order valence-electron chi connectivity index (χ1n) is 6.20. The molecule has 0 bridgehead atoms. The lowest BCUT2D eigenvalue weighted by atomic mass is 10.2. The molecular weight excluding hydrogens is 312 g/mol. The van der Waals surface area contributed by atoms with Crippen molar-refractivity contribution in [2.24, 2.45) is 0 Å². The fraction of sp³-hybridized carbons (Fsp3) is 0.214. The molecule has 0 saturated heterocycles. The Morgan fingerprint density at radius 3 is 2.86 bits per heavy atom. The van der Waals surface area contributed by atoms with Gasteiger partial charge in [-0.2, -0.15) is 0 Å². The van der Waals surface area contributed by atoms with Crippen molar-refractivity contribution in [2.75, 3.05) is 6.54 Å². The van der Waals surface area contributed by atoms with Crippen LogP contribution < -0.4 is 5.32 Å². The predicted octanol–water partition coefficient (Wildman–Crippen LogP) is 2.98. The first-order chi connectivity index (χ1) is 9.97. The molecule has 2 N–H and O–H groups in total. The summed E-state index contributed by atoms with van der Waals surface area (Å²) in [7, 11) is 0. The second-order valence-electron chi connectivity index (χ2n) is 4.34. The van der Waals surface area contributed by atoms with E-state index in [0.29, 0.717) is 20.6 Å². The number of aromatic nitrogens is 1. The smallest absolute Gasteiger partial charge is 0.305 e. The van der Waals surface area contributed by atoms with Gasteiger partial charge in [-0.3, -0.25) is 9.59 Å². The van der Waals surface area contributed by atoms with Gasteiger partial charge < -0.3 is 10.4 Å². The Kier molecular flexibility index (Phi) is 4.93. The SMILES string of the molecule is Cc1nc(-c2cccc(Cl)c2)sc1C(=O)NCCC(=O)O. The second kappa shape index (κ2) is 6.69. The topological polar surface area (TPSA) is 79.3 Å². The number of carboxylic acid groups (broad SMARTS) is 1. The number of benzene rings is 1. The van der Waals surface area contributed by atoms with Crippen molar-refractivity contribution in [2.45, 2.75) is 13.3 Å². The van der Waals surface area contributed by atoms with Crippen LogP contribution in [0.4, 0.5) is 0 Å². The summed E-state index contributed by atoms with van der Waals surface area (Å²) in [4.78, 5) is 27.3. The van der Waals surface area contributed by atoms with E-state index in [-0.39, 0.29) is 18.9 Å². The molecule has 1 heterocycles. The zero-order valence-corrected chi connectivity index (χ0v) is 12.8. The number of halogens is 1. The summed E-state index contributed by atoms with van der Waals surface area (Å²) in [5.74, 6) is -1.25. The van der Waals surface area contributed by atoms with E-state index in [4.69, 9.17) is 16.7 Å². The molecule has 0 aliphatic heterocycles. The van der Waals surface area contributed by atoms with Gasteiger partial charge in [-0.1, -0.05) is 23.7 Å². The number of nitrogens with one attached hydrogen (secondary N) is 1. The van der Waals surface area contributed by atoms with Crippen LogP contribution in [0.3, 0.4) is 0 Å². The number of carbonyl (C=O) groups excluding carboxylic acids is 1. The van der Waals surface area contributed by atoms with E-state index < -0.39 is 5.97 Å². The van der Waals surface area contributed by atoms with E-state index in [1.54, 1.807) is 19.1 Å². The number of aliphatic carboxylic acids is 1. The molecule has 2 aromatic rings. The van der Waals surface area contributed by atoms with E-state index in [0.717, 1.165) is 5.56 Å². The maximum Gasteiger partial charge on any atom is 0.305 e. The predicted molar refractivity (Wildman–Crippen MR) is 81.9 cm³/mol. The lowest BCUT2D eigenvalue weighted by molar-refractivity contribution is -0.136. The third-order valence-corrected chi connectivity index (χ3v) is 4.14. The minimum Gasteiger partial charge on any atom is -0.481 e. The van der Waals surface area contributed by atoms with Gasteiger partial charge in [-0.25, -0.2) is 4.98 Å². The number of aryl methyl sites for hydroxylation is 1. The van der Waals surface area contributed by atoms with E-state index >= 15 is 0 Å². The molecule has 0 aliphatic carbocycles. The van der Waals surface area contributed by atoms with Crippen LogP contribution in [0, 0.1) is 6.92 Å². The summed E-state index contributed by atoms with van der Waals surface area (Å²) < 4.78 is 0. The minimum atomic E-state index is -0.948. The van der Waals surface area contributed by atoms with Gasteiger partial charge in [0.25, 0.3) is 5.91 Å². The minimum absolute atomic E-state index is 0.0952. The summed E-state index contributed by atoms with van der Waals surface area (Å²) in [6, 6.07) is 7.24. The second-order valence-corrected chi connectivity index (χ2v) is 5.78. The number of nitrogens with zero attached hydrogens (tertiary/aromatic N) is 1. The van der Waals surface area contributed by atoms with Gasteiger partial charge in [0.1, 0.15) is 9.88 Å². The maximum atomic E-state index is 12.0. The van der Waals surface area contributed by atoms with Gasteiger partial charge in [-0.05, 0) is 19.1 Å². The van der Waals surface area contributed by atoms with Crippen LogP contribution in [0.15, 0.2) is 24.3 Å². The van der Waals surface area contributed by atoms with Crippen LogP contribution in [0.1, 0.15) is 21.8 Å². The van der Waals surface area contributed by atoms with Crippen LogP contribution in [-0.2, 0) is 4.79 Å². The van der Waals surface area contributed by atoms with E-state index in [1.165, 1.54) is 11.3 Å². The fourth-order valence-electron chi connectivity index (χ4n) is 1.72. The third kappa shape index (κ3) is 4.03. The van der Waals surface area contributed by atoms with Gasteiger partial charge in [-0.15, -0.1) is 11.3 Å². The van der Waals surface area contributed by atoms with E-state index in [2.05, 4.69) is 10.3 Å². The Labute approximate surface area is 130 Å². The highest BCUT2D eigenvalue weighted by Gasteiger charge is 2.16. The third-order valence-electron chi connectivity index (χ3n) is 2.70. The molecule has 0 radical (unpaired) electrons. The molecule has 110 valence electrons. The van der Waals surface area contributed by atoms with Gasteiger partial charge >= 0.3 is 5.97 Å². The van der Waals surface area contributed by atoms with Crippen molar-refractivity contribution in [3.05, 3.63) is 39.9 Å². The summed E-state index contributed by atoms with van der Waals surface area (Å²) in [6.07, 6.45) is -0.106. The van der Waals surface area contributed by atoms with Crippen LogP contribution in [0.2, 0.25) is 5.02 Å². The average molecular weight is 325 g/mol. The van der Waals surface area contributed by atoms with Gasteiger partial charge in [0, 0.05) is 17.1 Å².